The van der Waals surface area contributed by atoms with Crippen molar-refractivity contribution in [3.63, 3.8) is 0 Å². The zero-order valence-corrected chi connectivity index (χ0v) is 17.2. The van der Waals surface area contributed by atoms with Crippen LogP contribution in [0.1, 0.15) is 25.8 Å². The van der Waals surface area contributed by atoms with E-state index in [1.807, 2.05) is 57.2 Å². The molecule has 2 atom stereocenters. The molecule has 0 saturated heterocycles. The van der Waals surface area contributed by atoms with E-state index in [2.05, 4.69) is 15.3 Å². The number of hydrogen-bond donors (Lipinski definition) is 2. The van der Waals surface area contributed by atoms with Crippen molar-refractivity contribution in [2.24, 2.45) is 11.8 Å². The Morgan fingerprint density at radius 1 is 1.28 bits per heavy atom. The molecule has 1 saturated carbocycles. The summed E-state index contributed by atoms with van der Waals surface area (Å²) in [6.07, 6.45) is 2.49. The first-order valence-corrected chi connectivity index (χ1v) is 9.78. The molecule has 1 aliphatic rings. The lowest BCUT2D eigenvalue weighted by atomic mass is 10.0. The second-order valence-corrected chi connectivity index (χ2v) is 8.24. The number of carbonyl (C=O) groups excluding carboxylic acids is 1. The van der Waals surface area contributed by atoms with Gasteiger partial charge in [-0.25, -0.2) is 9.97 Å². The Balaban J connectivity index is 1.61. The van der Waals surface area contributed by atoms with Crippen molar-refractivity contribution in [2.75, 3.05) is 18.2 Å². The molecule has 2 heterocycles. The molecule has 2 aromatic heterocycles. The van der Waals surface area contributed by atoms with E-state index >= 15 is 0 Å². The van der Waals surface area contributed by atoms with Crippen molar-refractivity contribution in [3.8, 4) is 11.3 Å². The monoisotopic (exact) mass is 390 g/mol. The fraction of sp³-hybridized carbons (Fsp3) is 0.348. The minimum atomic E-state index is -0.304. The molecule has 0 spiro atoms. The number of fused-ring (bicyclic) bond motifs is 1. The van der Waals surface area contributed by atoms with Crippen LogP contribution in [0.4, 0.5) is 11.6 Å². The second-order valence-electron chi connectivity index (χ2n) is 8.24. The molecule has 1 aliphatic carbocycles. The summed E-state index contributed by atoms with van der Waals surface area (Å²) >= 11 is 0. The highest BCUT2D eigenvalue weighted by atomic mass is 16.5. The topological polar surface area (TPSA) is 90.1 Å². The molecular formula is C23H26N4O2. The number of nitrogens with zero attached hydrogens (tertiary/aromatic N) is 2. The molecule has 1 aromatic carbocycles. The van der Waals surface area contributed by atoms with Crippen molar-refractivity contribution >= 4 is 28.3 Å². The maximum absolute atomic E-state index is 12.6. The number of hydrogen-bond acceptors (Lipinski definition) is 5. The first-order valence-electron chi connectivity index (χ1n) is 9.78. The van der Waals surface area contributed by atoms with Crippen LogP contribution in [0.15, 0.2) is 42.6 Å². The Kier molecular flexibility index (Phi) is 4.74. The molecule has 4 rings (SSSR count). The number of benzene rings is 1. The molecule has 3 N–H and O–H groups in total. The van der Waals surface area contributed by atoms with Crippen molar-refractivity contribution in [1.29, 1.82) is 0 Å². The number of anilines is 2. The zero-order valence-electron chi connectivity index (χ0n) is 17.2. The number of amides is 1. The van der Waals surface area contributed by atoms with Gasteiger partial charge in [0.15, 0.2) is 0 Å². The number of nitrogens with one attached hydrogen (secondary N) is 1. The van der Waals surface area contributed by atoms with Gasteiger partial charge in [0.1, 0.15) is 11.6 Å². The van der Waals surface area contributed by atoms with Crippen LogP contribution < -0.4 is 11.1 Å². The summed E-state index contributed by atoms with van der Waals surface area (Å²) in [4.78, 5) is 21.5. The molecule has 6 heteroatoms. The van der Waals surface area contributed by atoms with Crippen molar-refractivity contribution in [2.45, 2.75) is 32.8 Å². The van der Waals surface area contributed by atoms with Gasteiger partial charge in [0.25, 0.3) is 0 Å². The second kappa shape index (κ2) is 7.12. The Morgan fingerprint density at radius 3 is 2.76 bits per heavy atom. The summed E-state index contributed by atoms with van der Waals surface area (Å²) in [5.74, 6) is 1.10. The van der Waals surface area contributed by atoms with Crippen molar-refractivity contribution in [1.82, 2.24) is 9.97 Å². The summed E-state index contributed by atoms with van der Waals surface area (Å²) in [5.41, 5.74) is 8.85. The first kappa shape index (κ1) is 19.3. The van der Waals surface area contributed by atoms with Gasteiger partial charge < -0.3 is 15.8 Å². The van der Waals surface area contributed by atoms with E-state index in [4.69, 9.17) is 10.5 Å². The van der Waals surface area contributed by atoms with Crippen molar-refractivity contribution in [3.05, 3.63) is 48.2 Å². The number of rotatable bonds is 5. The normalized spacial score (nSPS) is 18.6. The third-order valence-electron chi connectivity index (χ3n) is 5.96. The highest BCUT2D eigenvalue weighted by molar-refractivity contribution is 5.98. The van der Waals surface area contributed by atoms with Gasteiger partial charge in [0.05, 0.1) is 11.3 Å². The number of aromatic nitrogens is 2. The number of nitrogen functional groups attached to an aromatic ring is 1. The summed E-state index contributed by atoms with van der Waals surface area (Å²) in [6, 6.07) is 11.9. The third-order valence-corrected chi connectivity index (χ3v) is 5.96. The quantitative estimate of drug-likeness (QED) is 0.682. The van der Waals surface area contributed by atoms with Gasteiger partial charge in [-0.2, -0.15) is 0 Å². The van der Waals surface area contributed by atoms with E-state index < -0.39 is 0 Å². The molecule has 1 amide bonds. The van der Waals surface area contributed by atoms with E-state index in [1.165, 1.54) is 0 Å². The van der Waals surface area contributed by atoms with E-state index in [-0.39, 0.29) is 23.3 Å². The highest BCUT2D eigenvalue weighted by Crippen LogP contribution is 2.48. The largest absolute Gasteiger partial charge is 0.383 e. The van der Waals surface area contributed by atoms with Crippen LogP contribution in [0.25, 0.3) is 22.0 Å². The number of pyridine rings is 2. The van der Waals surface area contributed by atoms with Crippen LogP contribution in [0.5, 0.6) is 0 Å². The van der Waals surface area contributed by atoms with E-state index in [0.717, 1.165) is 34.0 Å². The lowest BCUT2D eigenvalue weighted by molar-refractivity contribution is -0.118. The first-order chi connectivity index (χ1) is 13.8. The minimum absolute atomic E-state index is 0.0202. The summed E-state index contributed by atoms with van der Waals surface area (Å²) < 4.78 is 5.51. The maximum Gasteiger partial charge on any atom is 0.229 e. The third kappa shape index (κ3) is 3.68. The van der Waals surface area contributed by atoms with Crippen LogP contribution >= 0.6 is 0 Å². The summed E-state index contributed by atoms with van der Waals surface area (Å²) in [7, 11) is 1.68. The Bertz CT molecular complexity index is 1090. The summed E-state index contributed by atoms with van der Waals surface area (Å²) in [5, 5.41) is 4.61. The fourth-order valence-electron chi connectivity index (χ4n) is 3.86. The molecule has 1 fully saturated rings. The van der Waals surface area contributed by atoms with Crippen LogP contribution in [-0.2, 0) is 9.53 Å². The SMILES string of the molecule is COC(C)(C)[C@H]1C[C@@H]1C(=O)Nc1cc2cc(-c3ccccc3C)nc(N)c2cn1. The van der Waals surface area contributed by atoms with Gasteiger partial charge in [-0.15, -0.1) is 0 Å². The molecule has 150 valence electrons. The van der Waals surface area contributed by atoms with Crippen LogP contribution in [-0.4, -0.2) is 28.6 Å². The molecule has 0 radical (unpaired) electrons. The number of aryl methyl sites for hydroxylation is 1. The van der Waals surface area contributed by atoms with Crippen LogP contribution in [0.3, 0.4) is 0 Å². The van der Waals surface area contributed by atoms with Gasteiger partial charge in [-0.05, 0) is 56.2 Å². The molecule has 0 bridgehead atoms. The van der Waals surface area contributed by atoms with Gasteiger partial charge in [0, 0.05) is 30.2 Å². The predicted molar refractivity (Wildman–Crippen MR) is 115 cm³/mol. The standard InChI is InChI=1S/C23H26N4O2/c1-13-7-5-6-8-15(13)19-9-14-10-20(25-12-17(14)21(24)26-19)27-22(28)16-11-18(16)23(2,3)29-4/h5-10,12,16,18H,11H2,1-4H3,(H2,24,26)(H,25,27,28)/t16-,18-/m0/s1. The molecule has 6 nitrogen and oxygen atoms in total. The molecule has 0 unspecified atom stereocenters. The number of methoxy groups -OCH3 is 1. The predicted octanol–water partition coefficient (Wildman–Crippen LogP) is 4.19. The Labute approximate surface area is 170 Å². The molecule has 0 aliphatic heterocycles. The van der Waals surface area contributed by atoms with Gasteiger partial charge in [0.2, 0.25) is 5.91 Å². The van der Waals surface area contributed by atoms with Gasteiger partial charge in [-0.1, -0.05) is 24.3 Å². The Hall–Kier alpha value is -2.99. The summed E-state index contributed by atoms with van der Waals surface area (Å²) in [6.45, 7) is 6.08. The van der Waals surface area contributed by atoms with E-state index in [0.29, 0.717) is 11.6 Å². The van der Waals surface area contributed by atoms with E-state index in [1.54, 1.807) is 13.3 Å². The van der Waals surface area contributed by atoms with Crippen molar-refractivity contribution < 1.29 is 9.53 Å². The molecular weight excluding hydrogens is 364 g/mol. The lowest BCUT2D eigenvalue weighted by Gasteiger charge is -2.22. The average molecular weight is 390 g/mol. The maximum atomic E-state index is 12.6. The smallest absolute Gasteiger partial charge is 0.229 e. The van der Waals surface area contributed by atoms with Gasteiger partial charge >= 0.3 is 0 Å². The number of carbonyl (C=O) groups is 1. The number of nitrogens with two attached hydrogens (primary N) is 1. The minimum Gasteiger partial charge on any atom is -0.383 e. The zero-order chi connectivity index (χ0) is 20.8. The molecule has 3 aromatic rings. The average Bonchev–Trinajstić information content (AvgIpc) is 3.50. The number of ether oxygens (including phenoxy) is 1. The van der Waals surface area contributed by atoms with Gasteiger partial charge in [-0.3, -0.25) is 4.79 Å². The van der Waals surface area contributed by atoms with Crippen LogP contribution in [0.2, 0.25) is 0 Å². The lowest BCUT2D eigenvalue weighted by Crippen LogP contribution is -2.28. The fourth-order valence-corrected chi connectivity index (χ4v) is 3.86. The van der Waals surface area contributed by atoms with Crippen LogP contribution in [0, 0.1) is 18.8 Å². The van der Waals surface area contributed by atoms with E-state index in [9.17, 15) is 4.79 Å². The Morgan fingerprint density at radius 2 is 2.03 bits per heavy atom. The molecule has 29 heavy (non-hydrogen) atoms. The highest BCUT2D eigenvalue weighted by Gasteiger charge is 2.52.